The zero-order chi connectivity index (χ0) is 23.3. The molecule has 1 aliphatic rings. The topological polar surface area (TPSA) is 72.4 Å². The summed E-state index contributed by atoms with van der Waals surface area (Å²) in [6.45, 7) is 9.50. The van der Waals surface area contributed by atoms with Gasteiger partial charge in [0.2, 0.25) is 5.88 Å². The van der Waals surface area contributed by atoms with Gasteiger partial charge in [-0.05, 0) is 36.6 Å². The lowest BCUT2D eigenvalue weighted by atomic mass is 10.2. The Hall–Kier alpha value is -3.07. The largest absolute Gasteiger partial charge is 0.473 e. The van der Waals surface area contributed by atoms with Gasteiger partial charge in [0.1, 0.15) is 23.1 Å². The summed E-state index contributed by atoms with van der Waals surface area (Å²) in [5.74, 6) is 2.35. The van der Waals surface area contributed by atoms with E-state index >= 15 is 0 Å². The third-order valence-electron chi connectivity index (χ3n) is 6.03. The van der Waals surface area contributed by atoms with E-state index < -0.39 is 0 Å². The monoisotopic (exact) mass is 475 g/mol. The van der Waals surface area contributed by atoms with Crippen LogP contribution >= 0.6 is 11.3 Å². The van der Waals surface area contributed by atoms with Crippen LogP contribution in [-0.4, -0.2) is 46.2 Å². The van der Waals surface area contributed by atoms with Crippen LogP contribution in [0.2, 0.25) is 0 Å². The third kappa shape index (κ3) is 5.35. The third-order valence-corrected chi connectivity index (χ3v) is 7.13. The number of rotatable bonds is 8. The molecule has 1 saturated heterocycles. The van der Waals surface area contributed by atoms with E-state index in [0.717, 1.165) is 65.8 Å². The van der Waals surface area contributed by atoms with Crippen LogP contribution in [0.4, 0.5) is 5.82 Å². The highest BCUT2D eigenvalue weighted by Crippen LogP contribution is 2.33. The molecule has 0 spiro atoms. The molecule has 4 heterocycles. The molecule has 3 aromatic heterocycles. The molecule has 8 heteroatoms. The second-order valence-electron chi connectivity index (χ2n) is 8.47. The number of pyridine rings is 1. The summed E-state index contributed by atoms with van der Waals surface area (Å²) < 4.78 is 11.4. The molecular weight excluding hydrogens is 446 g/mol. The summed E-state index contributed by atoms with van der Waals surface area (Å²) >= 11 is 1.73. The number of aryl methyl sites for hydroxylation is 2. The first kappa shape index (κ1) is 22.7. The zero-order valence-electron chi connectivity index (χ0n) is 19.6. The SMILES string of the molecule is Cc1sc2nc(CN3CCOCC3)nc(NCc3ccnc(OCc4ccccc4)c3)c2c1C. The number of nitrogens with zero attached hydrogens (tertiary/aromatic N) is 4. The summed E-state index contributed by atoms with van der Waals surface area (Å²) in [6.07, 6.45) is 1.79. The molecule has 0 aliphatic carbocycles. The van der Waals surface area contributed by atoms with Crippen molar-refractivity contribution in [1.29, 1.82) is 0 Å². The van der Waals surface area contributed by atoms with Gasteiger partial charge in [-0.1, -0.05) is 30.3 Å². The lowest BCUT2D eigenvalue weighted by Crippen LogP contribution is -2.36. The number of nitrogens with one attached hydrogen (secondary N) is 1. The number of aromatic nitrogens is 3. The predicted octanol–water partition coefficient (Wildman–Crippen LogP) is 4.73. The normalized spacial score (nSPS) is 14.4. The molecule has 7 nitrogen and oxygen atoms in total. The van der Waals surface area contributed by atoms with E-state index in [4.69, 9.17) is 19.4 Å². The minimum absolute atomic E-state index is 0.496. The van der Waals surface area contributed by atoms with E-state index in [1.165, 1.54) is 10.4 Å². The number of ether oxygens (including phenoxy) is 2. The molecule has 1 N–H and O–H groups in total. The quantitative estimate of drug-likeness (QED) is 0.395. The Morgan fingerprint density at radius 1 is 1.06 bits per heavy atom. The maximum Gasteiger partial charge on any atom is 0.213 e. The Morgan fingerprint density at radius 2 is 1.88 bits per heavy atom. The highest BCUT2D eigenvalue weighted by atomic mass is 32.1. The minimum atomic E-state index is 0.496. The van der Waals surface area contributed by atoms with E-state index in [1.54, 1.807) is 17.5 Å². The van der Waals surface area contributed by atoms with Gasteiger partial charge in [0.05, 0.1) is 25.1 Å². The molecule has 0 unspecified atom stereocenters. The van der Waals surface area contributed by atoms with Crippen LogP contribution in [0.5, 0.6) is 5.88 Å². The van der Waals surface area contributed by atoms with Crippen molar-refractivity contribution in [3.63, 3.8) is 0 Å². The Morgan fingerprint density at radius 3 is 2.71 bits per heavy atom. The Labute approximate surface area is 203 Å². The van der Waals surface area contributed by atoms with Gasteiger partial charge in [-0.3, -0.25) is 4.90 Å². The predicted molar refractivity (Wildman–Crippen MR) is 135 cm³/mol. The van der Waals surface area contributed by atoms with Crippen molar-refractivity contribution in [3.05, 3.63) is 76.1 Å². The van der Waals surface area contributed by atoms with Gasteiger partial charge in [-0.2, -0.15) is 0 Å². The second kappa shape index (κ2) is 10.5. The summed E-state index contributed by atoms with van der Waals surface area (Å²) in [5.41, 5.74) is 3.44. The summed E-state index contributed by atoms with van der Waals surface area (Å²) in [5, 5.41) is 4.68. The molecule has 0 atom stereocenters. The lowest BCUT2D eigenvalue weighted by Gasteiger charge is -2.25. The molecule has 34 heavy (non-hydrogen) atoms. The summed E-state index contributed by atoms with van der Waals surface area (Å²) in [4.78, 5) is 18.9. The van der Waals surface area contributed by atoms with Crippen molar-refractivity contribution in [2.75, 3.05) is 31.6 Å². The van der Waals surface area contributed by atoms with Crippen LogP contribution in [0.3, 0.4) is 0 Å². The molecule has 1 fully saturated rings. The molecular formula is C26H29N5O2S. The fourth-order valence-corrected chi connectivity index (χ4v) is 5.06. The molecule has 1 aliphatic heterocycles. The van der Waals surface area contributed by atoms with Crippen LogP contribution < -0.4 is 10.1 Å². The van der Waals surface area contributed by atoms with Crippen molar-refractivity contribution >= 4 is 27.4 Å². The van der Waals surface area contributed by atoms with Gasteiger partial charge < -0.3 is 14.8 Å². The fourth-order valence-electron chi connectivity index (χ4n) is 4.01. The Bertz CT molecular complexity index is 1260. The van der Waals surface area contributed by atoms with Crippen LogP contribution in [0.25, 0.3) is 10.2 Å². The highest BCUT2D eigenvalue weighted by Gasteiger charge is 2.17. The first-order chi connectivity index (χ1) is 16.7. The molecule has 0 bridgehead atoms. The van der Waals surface area contributed by atoms with Crippen molar-refractivity contribution in [1.82, 2.24) is 19.9 Å². The molecule has 0 amide bonds. The van der Waals surface area contributed by atoms with Crippen molar-refractivity contribution in [2.24, 2.45) is 0 Å². The first-order valence-corrected chi connectivity index (χ1v) is 12.4. The standard InChI is InChI=1S/C26H29N5O2S/c1-18-19(2)34-26-24(18)25(29-22(30-26)16-31-10-12-32-13-11-31)28-15-21-8-9-27-23(14-21)33-17-20-6-4-3-5-7-20/h3-9,14H,10-13,15-17H2,1-2H3,(H,28,29,30). The van der Waals surface area contributed by atoms with Crippen LogP contribution in [0.15, 0.2) is 48.7 Å². The maximum absolute atomic E-state index is 5.90. The summed E-state index contributed by atoms with van der Waals surface area (Å²) in [7, 11) is 0. The number of fused-ring (bicyclic) bond motifs is 1. The molecule has 4 aromatic rings. The van der Waals surface area contributed by atoms with Gasteiger partial charge >= 0.3 is 0 Å². The van der Waals surface area contributed by atoms with Crippen molar-refractivity contribution in [2.45, 2.75) is 33.5 Å². The average Bonchev–Trinajstić information content (AvgIpc) is 3.16. The number of anilines is 1. The highest BCUT2D eigenvalue weighted by molar-refractivity contribution is 7.18. The summed E-state index contributed by atoms with van der Waals surface area (Å²) in [6, 6.07) is 14.1. The number of hydrogen-bond donors (Lipinski definition) is 1. The second-order valence-corrected chi connectivity index (χ2v) is 9.67. The smallest absolute Gasteiger partial charge is 0.213 e. The van der Waals surface area contributed by atoms with E-state index in [1.807, 2.05) is 42.5 Å². The Kier molecular flexibility index (Phi) is 6.99. The molecule has 176 valence electrons. The fraction of sp³-hybridized carbons (Fsp3) is 0.346. The molecule has 1 aromatic carbocycles. The number of hydrogen-bond acceptors (Lipinski definition) is 8. The van der Waals surface area contributed by atoms with Crippen LogP contribution in [0, 0.1) is 13.8 Å². The number of benzene rings is 1. The van der Waals surface area contributed by atoms with Gasteiger partial charge in [0, 0.05) is 36.8 Å². The first-order valence-electron chi connectivity index (χ1n) is 11.6. The van der Waals surface area contributed by atoms with Gasteiger partial charge in [0.15, 0.2) is 0 Å². The van der Waals surface area contributed by atoms with E-state index in [-0.39, 0.29) is 0 Å². The lowest BCUT2D eigenvalue weighted by molar-refractivity contribution is 0.0331. The minimum Gasteiger partial charge on any atom is -0.473 e. The van der Waals surface area contributed by atoms with Gasteiger partial charge in [0.25, 0.3) is 0 Å². The van der Waals surface area contributed by atoms with E-state index in [0.29, 0.717) is 19.0 Å². The van der Waals surface area contributed by atoms with Crippen LogP contribution in [0.1, 0.15) is 27.4 Å². The van der Waals surface area contributed by atoms with E-state index in [2.05, 4.69) is 29.0 Å². The van der Waals surface area contributed by atoms with Crippen molar-refractivity contribution < 1.29 is 9.47 Å². The maximum atomic E-state index is 5.90. The van der Waals surface area contributed by atoms with E-state index in [9.17, 15) is 0 Å². The van der Waals surface area contributed by atoms with Crippen molar-refractivity contribution in [3.8, 4) is 5.88 Å². The molecule has 0 saturated carbocycles. The number of morpholine rings is 1. The molecule has 5 rings (SSSR count). The van der Waals surface area contributed by atoms with Crippen LogP contribution in [-0.2, 0) is 24.4 Å². The Balaban J connectivity index is 1.32. The molecule has 0 radical (unpaired) electrons. The van der Waals surface area contributed by atoms with Gasteiger partial charge in [-0.25, -0.2) is 15.0 Å². The van der Waals surface area contributed by atoms with Gasteiger partial charge in [-0.15, -0.1) is 11.3 Å². The number of thiophene rings is 1. The average molecular weight is 476 g/mol. The zero-order valence-corrected chi connectivity index (χ0v) is 20.4.